The summed E-state index contributed by atoms with van der Waals surface area (Å²) in [7, 11) is 4.16. The Bertz CT molecular complexity index is 607. The van der Waals surface area contributed by atoms with Crippen LogP contribution >= 0.6 is 0 Å². The van der Waals surface area contributed by atoms with Crippen LogP contribution in [-0.2, 0) is 18.2 Å². The molecule has 1 N–H and O–H groups in total. The molecular formula is C17H25N3O. The molecule has 1 aliphatic rings. The zero-order valence-corrected chi connectivity index (χ0v) is 13.2. The molecule has 3 unspecified atom stereocenters. The summed E-state index contributed by atoms with van der Waals surface area (Å²) in [6, 6.07) is 8.76. The molecule has 114 valence electrons. The van der Waals surface area contributed by atoms with E-state index >= 15 is 0 Å². The van der Waals surface area contributed by atoms with Crippen LogP contribution < -0.4 is 5.32 Å². The summed E-state index contributed by atoms with van der Waals surface area (Å²) in [6.45, 7) is 3.11. The highest BCUT2D eigenvalue weighted by Gasteiger charge is 2.33. The third kappa shape index (κ3) is 2.70. The van der Waals surface area contributed by atoms with E-state index in [1.54, 1.807) is 0 Å². The number of imidazole rings is 1. The van der Waals surface area contributed by atoms with E-state index in [2.05, 4.69) is 49.1 Å². The lowest BCUT2D eigenvalue weighted by Crippen LogP contribution is -2.40. The van der Waals surface area contributed by atoms with Gasteiger partial charge in [0, 0.05) is 32.0 Å². The lowest BCUT2D eigenvalue weighted by Gasteiger charge is -2.26. The predicted molar refractivity (Wildman–Crippen MR) is 85.4 cm³/mol. The van der Waals surface area contributed by atoms with Gasteiger partial charge in [-0.3, -0.25) is 0 Å². The molecule has 3 rings (SSSR count). The number of ether oxygens (including phenoxy) is 1. The lowest BCUT2D eigenvalue weighted by molar-refractivity contribution is 0.0780. The highest BCUT2D eigenvalue weighted by atomic mass is 16.5. The fourth-order valence-corrected chi connectivity index (χ4v) is 3.59. The topological polar surface area (TPSA) is 39.1 Å². The van der Waals surface area contributed by atoms with Crippen molar-refractivity contribution in [3.8, 4) is 0 Å². The first kappa shape index (κ1) is 14.5. The molecule has 4 heteroatoms. The minimum atomic E-state index is 0.386. The van der Waals surface area contributed by atoms with Crippen molar-refractivity contribution in [3.63, 3.8) is 0 Å². The van der Waals surface area contributed by atoms with E-state index in [0.717, 1.165) is 37.2 Å². The van der Waals surface area contributed by atoms with Crippen LogP contribution in [0.5, 0.6) is 0 Å². The maximum atomic E-state index is 5.86. The smallest absolute Gasteiger partial charge is 0.111 e. The molecule has 0 amide bonds. The van der Waals surface area contributed by atoms with Crippen LogP contribution in [0.4, 0.5) is 0 Å². The molecule has 2 heterocycles. The number of benzene rings is 1. The second-order valence-corrected chi connectivity index (χ2v) is 5.95. The van der Waals surface area contributed by atoms with E-state index < -0.39 is 0 Å². The Kier molecular flexibility index (Phi) is 4.27. The van der Waals surface area contributed by atoms with Crippen molar-refractivity contribution in [1.29, 1.82) is 0 Å². The molecule has 1 aromatic heterocycles. The van der Waals surface area contributed by atoms with E-state index in [9.17, 15) is 0 Å². The first-order valence-corrected chi connectivity index (χ1v) is 7.93. The van der Waals surface area contributed by atoms with Crippen LogP contribution in [0, 0.1) is 5.92 Å². The second kappa shape index (κ2) is 6.16. The van der Waals surface area contributed by atoms with Crippen molar-refractivity contribution in [2.45, 2.75) is 38.3 Å². The Morgan fingerprint density at radius 1 is 1.43 bits per heavy atom. The number of rotatable bonds is 5. The van der Waals surface area contributed by atoms with Gasteiger partial charge < -0.3 is 14.6 Å². The normalized spacial score (nSPS) is 23.8. The fraction of sp³-hybridized carbons (Fsp3) is 0.588. The number of nitrogens with one attached hydrogen (secondary N) is 1. The van der Waals surface area contributed by atoms with Crippen molar-refractivity contribution in [2.24, 2.45) is 13.0 Å². The molecule has 0 aliphatic carbocycles. The van der Waals surface area contributed by atoms with E-state index in [-0.39, 0.29) is 0 Å². The van der Waals surface area contributed by atoms with Gasteiger partial charge in [0.1, 0.15) is 5.82 Å². The summed E-state index contributed by atoms with van der Waals surface area (Å²) < 4.78 is 8.08. The number of aromatic nitrogens is 2. The first-order chi connectivity index (χ1) is 10.2. The van der Waals surface area contributed by atoms with Gasteiger partial charge in [-0.1, -0.05) is 19.1 Å². The van der Waals surface area contributed by atoms with Crippen LogP contribution in [0.1, 0.15) is 25.6 Å². The third-order valence-electron chi connectivity index (χ3n) is 4.83. The van der Waals surface area contributed by atoms with Crippen LogP contribution in [0.25, 0.3) is 11.0 Å². The number of fused-ring (bicyclic) bond motifs is 1. The molecular weight excluding hydrogens is 262 g/mol. The van der Waals surface area contributed by atoms with Crippen LogP contribution in [-0.4, -0.2) is 35.4 Å². The standard InChI is InChI=1S/C17H25N3O/c1-4-16-12(9-10-21-16)14(18-2)11-17-19-13-7-5-6-8-15(13)20(17)3/h5-8,12,14,16,18H,4,9-11H2,1-3H3. The molecule has 2 aromatic rings. The van der Waals surface area contributed by atoms with Crippen molar-refractivity contribution >= 4 is 11.0 Å². The third-order valence-corrected chi connectivity index (χ3v) is 4.83. The maximum absolute atomic E-state index is 5.86. The summed E-state index contributed by atoms with van der Waals surface area (Å²) >= 11 is 0. The summed E-state index contributed by atoms with van der Waals surface area (Å²) in [5, 5.41) is 3.50. The molecule has 0 saturated carbocycles. The van der Waals surface area contributed by atoms with Gasteiger partial charge in [0.25, 0.3) is 0 Å². The minimum Gasteiger partial charge on any atom is -0.378 e. The number of likely N-dealkylation sites (N-methyl/N-ethyl adjacent to an activating group) is 1. The van der Waals surface area contributed by atoms with E-state index in [0.29, 0.717) is 18.1 Å². The molecule has 0 spiro atoms. The minimum absolute atomic E-state index is 0.386. The predicted octanol–water partition coefficient (Wildman–Crippen LogP) is 2.52. The quantitative estimate of drug-likeness (QED) is 0.918. The van der Waals surface area contributed by atoms with Gasteiger partial charge >= 0.3 is 0 Å². The largest absolute Gasteiger partial charge is 0.378 e. The van der Waals surface area contributed by atoms with Gasteiger partial charge in [-0.15, -0.1) is 0 Å². The number of nitrogens with zero attached hydrogens (tertiary/aromatic N) is 2. The van der Waals surface area contributed by atoms with Crippen molar-refractivity contribution in [1.82, 2.24) is 14.9 Å². The summed E-state index contributed by atoms with van der Waals surface area (Å²) in [5.74, 6) is 1.73. The summed E-state index contributed by atoms with van der Waals surface area (Å²) in [5.41, 5.74) is 2.29. The molecule has 1 fully saturated rings. The number of hydrogen-bond donors (Lipinski definition) is 1. The van der Waals surface area contributed by atoms with Gasteiger partial charge in [-0.25, -0.2) is 4.98 Å². The fourth-order valence-electron chi connectivity index (χ4n) is 3.59. The SMILES string of the molecule is CCC1OCCC1C(Cc1nc2ccccc2n1C)NC. The van der Waals surface area contributed by atoms with Crippen LogP contribution in [0.15, 0.2) is 24.3 Å². The Morgan fingerprint density at radius 3 is 2.95 bits per heavy atom. The highest BCUT2D eigenvalue weighted by Crippen LogP contribution is 2.28. The molecule has 1 aromatic carbocycles. The molecule has 1 saturated heterocycles. The Hall–Kier alpha value is -1.39. The van der Waals surface area contributed by atoms with Gasteiger partial charge in [-0.05, 0) is 32.0 Å². The Balaban J connectivity index is 1.84. The van der Waals surface area contributed by atoms with E-state index in [1.807, 2.05) is 6.07 Å². The van der Waals surface area contributed by atoms with Crippen molar-refractivity contribution in [3.05, 3.63) is 30.1 Å². The zero-order valence-electron chi connectivity index (χ0n) is 13.2. The Morgan fingerprint density at radius 2 is 2.24 bits per heavy atom. The molecule has 0 radical (unpaired) electrons. The zero-order chi connectivity index (χ0) is 14.8. The molecule has 3 atom stereocenters. The summed E-state index contributed by atoms with van der Waals surface area (Å²) in [4.78, 5) is 4.80. The van der Waals surface area contributed by atoms with Crippen molar-refractivity contribution < 1.29 is 4.74 Å². The molecule has 1 aliphatic heterocycles. The van der Waals surface area contributed by atoms with E-state index in [1.165, 1.54) is 5.52 Å². The lowest BCUT2D eigenvalue weighted by atomic mass is 9.89. The van der Waals surface area contributed by atoms with Crippen LogP contribution in [0.2, 0.25) is 0 Å². The summed E-state index contributed by atoms with van der Waals surface area (Å²) in [6.07, 6.45) is 3.57. The average molecular weight is 287 g/mol. The molecule has 21 heavy (non-hydrogen) atoms. The maximum Gasteiger partial charge on any atom is 0.111 e. The molecule has 4 nitrogen and oxygen atoms in total. The van der Waals surface area contributed by atoms with Crippen LogP contribution in [0.3, 0.4) is 0 Å². The number of hydrogen-bond acceptors (Lipinski definition) is 3. The van der Waals surface area contributed by atoms with Gasteiger partial charge in [0.05, 0.1) is 17.1 Å². The monoisotopic (exact) mass is 287 g/mol. The van der Waals surface area contributed by atoms with Crippen molar-refractivity contribution in [2.75, 3.05) is 13.7 Å². The van der Waals surface area contributed by atoms with Gasteiger partial charge in [0.15, 0.2) is 0 Å². The number of aryl methyl sites for hydroxylation is 1. The van der Waals surface area contributed by atoms with E-state index in [4.69, 9.17) is 9.72 Å². The number of para-hydroxylation sites is 2. The average Bonchev–Trinajstić information content (AvgIpc) is 3.10. The van der Waals surface area contributed by atoms with Gasteiger partial charge in [-0.2, -0.15) is 0 Å². The van der Waals surface area contributed by atoms with Gasteiger partial charge in [0.2, 0.25) is 0 Å². The Labute approximate surface area is 126 Å². The molecule has 0 bridgehead atoms. The first-order valence-electron chi connectivity index (χ1n) is 7.93. The highest BCUT2D eigenvalue weighted by molar-refractivity contribution is 5.75. The second-order valence-electron chi connectivity index (χ2n) is 5.95.